The number of rotatable bonds is 2. The molecule has 0 aliphatic heterocycles. The van der Waals surface area contributed by atoms with Gasteiger partial charge < -0.3 is 5.32 Å². The second-order valence-corrected chi connectivity index (χ2v) is 4.14. The van der Waals surface area contributed by atoms with Crippen molar-refractivity contribution in [3.05, 3.63) is 49.2 Å². The van der Waals surface area contributed by atoms with Crippen molar-refractivity contribution in [1.29, 1.82) is 0 Å². The highest BCUT2D eigenvalue weighted by atomic mass is 16.2. The van der Waals surface area contributed by atoms with Gasteiger partial charge >= 0.3 is 11.8 Å². The Bertz CT molecular complexity index is 794. The predicted octanol–water partition coefficient (Wildman–Crippen LogP) is 0.535. The lowest BCUT2D eigenvalue weighted by atomic mass is 10.2. The molecule has 0 bridgehead atoms. The summed E-state index contributed by atoms with van der Waals surface area (Å²) < 4.78 is 1.18. The van der Waals surface area contributed by atoms with E-state index in [9.17, 15) is 9.59 Å². The van der Waals surface area contributed by atoms with Gasteiger partial charge in [-0.2, -0.15) is 0 Å². The summed E-state index contributed by atoms with van der Waals surface area (Å²) in [6.07, 6.45) is 4.16. The van der Waals surface area contributed by atoms with Crippen molar-refractivity contribution >= 4 is 28.4 Å². The molecule has 0 atom stereocenters. The summed E-state index contributed by atoms with van der Waals surface area (Å²) >= 11 is 0. The smallest absolute Gasteiger partial charge is 0.316 e. The summed E-state index contributed by atoms with van der Waals surface area (Å²) in [5.41, 5.74) is 3.40. The number of amides is 2. The molecule has 104 valence electrons. The van der Waals surface area contributed by atoms with E-state index in [1.807, 2.05) is 12.1 Å². The SMILES string of the molecule is O=C(Nc1cccc2cccnc12)C(=O)Nn1cnnc1. The van der Waals surface area contributed by atoms with Gasteiger partial charge in [-0.1, -0.05) is 18.2 Å². The van der Waals surface area contributed by atoms with E-state index in [2.05, 4.69) is 25.9 Å². The summed E-state index contributed by atoms with van der Waals surface area (Å²) in [4.78, 5) is 27.8. The fourth-order valence-corrected chi connectivity index (χ4v) is 1.81. The Balaban J connectivity index is 1.78. The molecule has 2 N–H and O–H groups in total. The van der Waals surface area contributed by atoms with E-state index in [-0.39, 0.29) is 0 Å². The number of pyridine rings is 1. The number of nitrogens with zero attached hydrogens (tertiary/aromatic N) is 4. The first-order valence-electron chi connectivity index (χ1n) is 6.05. The minimum Gasteiger partial charge on any atom is -0.316 e. The van der Waals surface area contributed by atoms with E-state index < -0.39 is 11.8 Å². The molecule has 0 unspecified atom stereocenters. The molecule has 2 aromatic heterocycles. The monoisotopic (exact) mass is 282 g/mol. The predicted molar refractivity (Wildman–Crippen MR) is 74.8 cm³/mol. The zero-order valence-corrected chi connectivity index (χ0v) is 10.7. The number of para-hydroxylation sites is 1. The molecule has 8 nitrogen and oxygen atoms in total. The van der Waals surface area contributed by atoms with Gasteiger partial charge in [0.25, 0.3) is 0 Å². The average Bonchev–Trinajstić information content (AvgIpc) is 3.00. The lowest BCUT2D eigenvalue weighted by molar-refractivity contribution is -0.133. The average molecular weight is 282 g/mol. The summed E-state index contributed by atoms with van der Waals surface area (Å²) in [6.45, 7) is 0. The van der Waals surface area contributed by atoms with Gasteiger partial charge in [0.15, 0.2) is 0 Å². The van der Waals surface area contributed by atoms with Crippen molar-refractivity contribution in [2.24, 2.45) is 0 Å². The van der Waals surface area contributed by atoms with E-state index in [0.29, 0.717) is 11.2 Å². The van der Waals surface area contributed by atoms with Gasteiger partial charge in [-0.05, 0) is 12.1 Å². The van der Waals surface area contributed by atoms with E-state index in [4.69, 9.17) is 0 Å². The largest absolute Gasteiger partial charge is 0.328 e. The van der Waals surface area contributed by atoms with Crippen LogP contribution in [0.4, 0.5) is 5.69 Å². The first-order valence-corrected chi connectivity index (χ1v) is 6.05. The number of hydrogen-bond donors (Lipinski definition) is 2. The van der Waals surface area contributed by atoms with Gasteiger partial charge in [0.05, 0.1) is 11.2 Å². The van der Waals surface area contributed by atoms with Crippen molar-refractivity contribution in [2.75, 3.05) is 10.7 Å². The molecule has 3 aromatic rings. The van der Waals surface area contributed by atoms with E-state index in [1.54, 1.807) is 24.4 Å². The molecule has 0 aliphatic rings. The van der Waals surface area contributed by atoms with Gasteiger partial charge in [-0.15, -0.1) is 10.2 Å². The van der Waals surface area contributed by atoms with Crippen LogP contribution in [0.5, 0.6) is 0 Å². The van der Waals surface area contributed by atoms with Crippen LogP contribution in [0.3, 0.4) is 0 Å². The number of hydrogen-bond acceptors (Lipinski definition) is 5. The minimum absolute atomic E-state index is 0.469. The van der Waals surface area contributed by atoms with Crippen molar-refractivity contribution in [1.82, 2.24) is 19.9 Å². The molecular formula is C13H10N6O2. The molecule has 21 heavy (non-hydrogen) atoms. The zero-order valence-electron chi connectivity index (χ0n) is 10.7. The number of carbonyl (C=O) groups is 2. The van der Waals surface area contributed by atoms with Crippen LogP contribution in [-0.4, -0.2) is 31.7 Å². The van der Waals surface area contributed by atoms with Crippen LogP contribution < -0.4 is 10.7 Å². The molecule has 0 aliphatic carbocycles. The van der Waals surface area contributed by atoms with Crippen LogP contribution in [0.15, 0.2) is 49.2 Å². The Hall–Kier alpha value is -3.29. The maximum atomic E-state index is 11.9. The third-order valence-corrected chi connectivity index (χ3v) is 2.74. The maximum absolute atomic E-state index is 11.9. The summed E-state index contributed by atoms with van der Waals surface area (Å²) in [6, 6.07) is 8.99. The molecule has 0 fully saturated rings. The molecule has 0 saturated carbocycles. The normalized spacial score (nSPS) is 10.3. The highest BCUT2D eigenvalue weighted by Gasteiger charge is 2.15. The topological polar surface area (TPSA) is 102 Å². The van der Waals surface area contributed by atoms with Crippen LogP contribution in [0.2, 0.25) is 0 Å². The molecule has 1 aromatic carbocycles. The Kier molecular flexibility index (Phi) is 3.26. The van der Waals surface area contributed by atoms with Crippen LogP contribution in [0.1, 0.15) is 0 Å². The Morgan fingerprint density at radius 1 is 1.00 bits per heavy atom. The number of nitrogens with one attached hydrogen (secondary N) is 2. The van der Waals surface area contributed by atoms with Gasteiger partial charge in [0, 0.05) is 11.6 Å². The van der Waals surface area contributed by atoms with Crippen molar-refractivity contribution in [2.45, 2.75) is 0 Å². The van der Waals surface area contributed by atoms with Crippen molar-refractivity contribution in [3.63, 3.8) is 0 Å². The first kappa shape index (κ1) is 12.7. The second kappa shape index (κ2) is 5.37. The lowest BCUT2D eigenvalue weighted by Gasteiger charge is -2.08. The first-order chi connectivity index (χ1) is 10.2. The second-order valence-electron chi connectivity index (χ2n) is 4.14. The van der Waals surface area contributed by atoms with Crippen LogP contribution in [0.25, 0.3) is 10.9 Å². The molecular weight excluding hydrogens is 272 g/mol. The summed E-state index contributed by atoms with van der Waals surface area (Å²) in [7, 11) is 0. The Morgan fingerprint density at radius 2 is 1.76 bits per heavy atom. The molecule has 0 radical (unpaired) electrons. The molecule has 3 rings (SSSR count). The molecule has 2 amide bonds. The third-order valence-electron chi connectivity index (χ3n) is 2.74. The number of benzene rings is 1. The van der Waals surface area contributed by atoms with Gasteiger partial charge in [-0.3, -0.25) is 20.0 Å². The van der Waals surface area contributed by atoms with Gasteiger partial charge in [-0.25, -0.2) is 4.68 Å². The summed E-state index contributed by atoms with van der Waals surface area (Å²) in [5.74, 6) is -1.63. The fraction of sp³-hybridized carbons (Fsp3) is 0. The van der Waals surface area contributed by atoms with Crippen molar-refractivity contribution in [3.8, 4) is 0 Å². The van der Waals surface area contributed by atoms with Gasteiger partial charge in [0.1, 0.15) is 12.7 Å². The van der Waals surface area contributed by atoms with Crippen LogP contribution in [-0.2, 0) is 9.59 Å². The van der Waals surface area contributed by atoms with Crippen LogP contribution in [0, 0.1) is 0 Å². The number of aromatic nitrogens is 4. The van der Waals surface area contributed by atoms with Crippen molar-refractivity contribution < 1.29 is 9.59 Å². The van der Waals surface area contributed by atoms with E-state index in [0.717, 1.165) is 5.39 Å². The van der Waals surface area contributed by atoms with E-state index >= 15 is 0 Å². The quantitative estimate of drug-likeness (QED) is 0.668. The third kappa shape index (κ3) is 2.68. The number of anilines is 1. The minimum atomic E-state index is -0.831. The van der Waals surface area contributed by atoms with Crippen LogP contribution >= 0.6 is 0 Å². The highest BCUT2D eigenvalue weighted by molar-refractivity contribution is 6.42. The zero-order chi connectivity index (χ0) is 14.7. The maximum Gasteiger partial charge on any atom is 0.328 e. The van der Waals surface area contributed by atoms with Gasteiger partial charge in [0.2, 0.25) is 0 Å². The lowest BCUT2D eigenvalue weighted by Crippen LogP contribution is -2.33. The Morgan fingerprint density at radius 3 is 2.57 bits per heavy atom. The standard InChI is InChI=1S/C13H10N6O2/c20-12(13(21)18-19-7-15-16-8-19)17-10-5-1-3-9-4-2-6-14-11(9)10/h1-8H,(H,17,20)(H,18,21). The molecule has 0 spiro atoms. The molecule has 2 heterocycles. The summed E-state index contributed by atoms with van der Waals surface area (Å²) in [5, 5.41) is 10.4. The highest BCUT2D eigenvalue weighted by Crippen LogP contribution is 2.20. The number of fused-ring (bicyclic) bond motifs is 1. The molecule has 8 heteroatoms. The van der Waals surface area contributed by atoms with E-state index in [1.165, 1.54) is 17.3 Å². The fourth-order valence-electron chi connectivity index (χ4n) is 1.81. The Labute approximate surface area is 118 Å². The molecule has 0 saturated heterocycles. The number of carbonyl (C=O) groups excluding carboxylic acids is 2.